The second-order valence-electron chi connectivity index (χ2n) is 5.47. The van der Waals surface area contributed by atoms with E-state index in [0.29, 0.717) is 23.9 Å². The Labute approximate surface area is 138 Å². The Morgan fingerprint density at radius 3 is 2.92 bits per heavy atom. The lowest BCUT2D eigenvalue weighted by molar-refractivity contribution is 0.219. The number of carbonyl (C=O) groups excluding carboxylic acids is 1. The summed E-state index contributed by atoms with van der Waals surface area (Å²) in [7, 11) is 3.54. The number of nitrogens with one attached hydrogen (secondary N) is 2. The van der Waals surface area contributed by atoms with Gasteiger partial charge in [-0.2, -0.15) is 5.10 Å². The maximum absolute atomic E-state index is 12.3. The number of aromatic amines is 1. The number of urea groups is 1. The van der Waals surface area contributed by atoms with Crippen molar-refractivity contribution in [2.45, 2.75) is 13.5 Å². The lowest BCUT2D eigenvalue weighted by Crippen LogP contribution is -2.31. The van der Waals surface area contributed by atoms with Gasteiger partial charge in [-0.3, -0.25) is 5.10 Å². The van der Waals surface area contributed by atoms with Crippen LogP contribution in [0, 0.1) is 6.92 Å². The summed E-state index contributed by atoms with van der Waals surface area (Å²) < 4.78 is 1.77. The monoisotopic (exact) mass is 326 g/mol. The summed E-state index contributed by atoms with van der Waals surface area (Å²) in [4.78, 5) is 18.1. The number of aryl methyl sites for hydroxylation is 2. The lowest BCUT2D eigenvalue weighted by Gasteiger charge is -2.17. The lowest BCUT2D eigenvalue weighted by atomic mass is 10.2. The molecule has 2 N–H and O–H groups in total. The first-order chi connectivity index (χ1) is 11.5. The standard InChI is InChI=1S/C15H18N8O/c1-10-17-14(21-19-10)11-5-4-6-12(7-11)18-15(24)22(2)8-13-20-16-9-23(13)3/h4-7,9H,8H2,1-3H3,(H,18,24)(H,17,19,21). The summed E-state index contributed by atoms with van der Waals surface area (Å²) in [5.41, 5.74) is 1.50. The van der Waals surface area contributed by atoms with Crippen molar-refractivity contribution in [3.05, 3.63) is 42.2 Å². The van der Waals surface area contributed by atoms with E-state index in [0.717, 1.165) is 11.4 Å². The van der Waals surface area contributed by atoms with E-state index in [1.807, 2.05) is 38.2 Å². The molecule has 9 heteroatoms. The number of aromatic nitrogens is 6. The molecule has 24 heavy (non-hydrogen) atoms. The van der Waals surface area contributed by atoms with Crippen LogP contribution < -0.4 is 5.32 Å². The van der Waals surface area contributed by atoms with Crippen LogP contribution in [0.15, 0.2) is 30.6 Å². The molecule has 0 aliphatic heterocycles. The second kappa shape index (κ2) is 6.49. The summed E-state index contributed by atoms with van der Waals surface area (Å²) in [6.45, 7) is 2.20. The van der Waals surface area contributed by atoms with E-state index >= 15 is 0 Å². The zero-order chi connectivity index (χ0) is 17.1. The number of rotatable bonds is 4. The van der Waals surface area contributed by atoms with E-state index in [4.69, 9.17) is 0 Å². The molecule has 2 aromatic heterocycles. The molecule has 2 amide bonds. The predicted molar refractivity (Wildman–Crippen MR) is 88.0 cm³/mol. The molecular weight excluding hydrogens is 308 g/mol. The van der Waals surface area contributed by atoms with Crippen molar-refractivity contribution >= 4 is 11.7 Å². The number of nitrogens with zero attached hydrogens (tertiary/aromatic N) is 6. The first-order valence-corrected chi connectivity index (χ1v) is 7.37. The van der Waals surface area contributed by atoms with Crippen LogP contribution in [0.25, 0.3) is 11.4 Å². The Kier molecular flexibility index (Phi) is 4.23. The Morgan fingerprint density at radius 2 is 2.25 bits per heavy atom. The van der Waals surface area contributed by atoms with Gasteiger partial charge in [0.2, 0.25) is 0 Å². The largest absolute Gasteiger partial charge is 0.321 e. The highest BCUT2D eigenvalue weighted by Gasteiger charge is 2.13. The van der Waals surface area contributed by atoms with E-state index in [2.05, 4.69) is 30.7 Å². The minimum atomic E-state index is -0.235. The number of carbonyl (C=O) groups is 1. The van der Waals surface area contributed by atoms with Crippen molar-refractivity contribution in [3.8, 4) is 11.4 Å². The molecule has 1 aromatic carbocycles. The molecule has 0 bridgehead atoms. The van der Waals surface area contributed by atoms with Crippen molar-refractivity contribution in [3.63, 3.8) is 0 Å². The number of H-pyrrole nitrogens is 1. The third-order valence-electron chi connectivity index (χ3n) is 3.50. The van der Waals surface area contributed by atoms with E-state index in [9.17, 15) is 4.79 Å². The Balaban J connectivity index is 1.69. The summed E-state index contributed by atoms with van der Waals surface area (Å²) >= 11 is 0. The minimum Gasteiger partial charge on any atom is -0.320 e. The Morgan fingerprint density at radius 1 is 1.42 bits per heavy atom. The molecule has 2 heterocycles. The fourth-order valence-electron chi connectivity index (χ4n) is 2.16. The van der Waals surface area contributed by atoms with Crippen LogP contribution >= 0.6 is 0 Å². The van der Waals surface area contributed by atoms with Gasteiger partial charge in [0.25, 0.3) is 0 Å². The number of amides is 2. The molecule has 0 radical (unpaired) electrons. The quantitative estimate of drug-likeness (QED) is 0.757. The number of anilines is 1. The highest BCUT2D eigenvalue weighted by molar-refractivity contribution is 5.89. The van der Waals surface area contributed by atoms with Crippen molar-refractivity contribution in [2.24, 2.45) is 7.05 Å². The van der Waals surface area contributed by atoms with Crippen LogP contribution in [0.4, 0.5) is 10.5 Å². The Bertz CT molecular complexity index is 853. The second-order valence-corrected chi connectivity index (χ2v) is 5.47. The van der Waals surface area contributed by atoms with Crippen LogP contribution in [0.2, 0.25) is 0 Å². The highest BCUT2D eigenvalue weighted by Crippen LogP contribution is 2.19. The first kappa shape index (κ1) is 15.7. The molecule has 9 nitrogen and oxygen atoms in total. The van der Waals surface area contributed by atoms with E-state index < -0.39 is 0 Å². The Hall–Kier alpha value is -3.23. The van der Waals surface area contributed by atoms with Gasteiger partial charge in [-0.05, 0) is 19.1 Å². The van der Waals surface area contributed by atoms with Crippen molar-refractivity contribution in [2.75, 3.05) is 12.4 Å². The van der Waals surface area contributed by atoms with Crippen molar-refractivity contribution in [1.29, 1.82) is 0 Å². The average molecular weight is 326 g/mol. The van der Waals surface area contributed by atoms with Gasteiger partial charge in [-0.15, -0.1) is 10.2 Å². The van der Waals surface area contributed by atoms with Crippen molar-refractivity contribution < 1.29 is 4.79 Å². The van der Waals surface area contributed by atoms with Crippen LogP contribution in [0.3, 0.4) is 0 Å². The molecule has 3 aromatic rings. The van der Waals surface area contributed by atoms with Gasteiger partial charge in [0.05, 0.1) is 6.54 Å². The molecule has 0 fully saturated rings. The molecule has 0 saturated heterocycles. The SMILES string of the molecule is Cc1nc(-c2cccc(NC(=O)N(C)Cc3nncn3C)c2)n[nH]1. The molecule has 0 aliphatic rings. The molecule has 0 aliphatic carbocycles. The number of hydrogen-bond acceptors (Lipinski definition) is 5. The van der Waals surface area contributed by atoms with Gasteiger partial charge in [-0.25, -0.2) is 9.78 Å². The van der Waals surface area contributed by atoms with E-state index in [-0.39, 0.29) is 6.03 Å². The average Bonchev–Trinajstić information content (AvgIpc) is 3.16. The third-order valence-corrected chi connectivity index (χ3v) is 3.50. The van der Waals surface area contributed by atoms with E-state index in [1.54, 1.807) is 17.9 Å². The minimum absolute atomic E-state index is 0.235. The normalized spacial score (nSPS) is 10.6. The fourth-order valence-corrected chi connectivity index (χ4v) is 2.16. The van der Waals surface area contributed by atoms with E-state index in [1.165, 1.54) is 4.90 Å². The molecule has 0 spiro atoms. The summed E-state index contributed by atoms with van der Waals surface area (Å²) in [5, 5.41) is 17.6. The summed E-state index contributed by atoms with van der Waals surface area (Å²) in [6.07, 6.45) is 1.60. The third kappa shape index (κ3) is 3.40. The fraction of sp³-hybridized carbons (Fsp3) is 0.267. The molecule has 0 saturated carbocycles. The number of benzene rings is 1. The van der Waals surface area contributed by atoms with Gasteiger partial charge in [0, 0.05) is 25.3 Å². The van der Waals surface area contributed by atoms with Crippen molar-refractivity contribution in [1.82, 2.24) is 34.8 Å². The highest BCUT2D eigenvalue weighted by atomic mass is 16.2. The topological polar surface area (TPSA) is 105 Å². The molecule has 124 valence electrons. The maximum atomic E-state index is 12.3. The summed E-state index contributed by atoms with van der Waals surface area (Å²) in [6, 6.07) is 7.15. The smallest absolute Gasteiger partial charge is 0.320 e. The molecule has 3 rings (SSSR count). The van der Waals surface area contributed by atoms with Crippen LogP contribution in [-0.2, 0) is 13.6 Å². The van der Waals surface area contributed by atoms with Crippen LogP contribution in [-0.4, -0.2) is 47.9 Å². The first-order valence-electron chi connectivity index (χ1n) is 7.37. The zero-order valence-corrected chi connectivity index (χ0v) is 13.7. The number of hydrogen-bond donors (Lipinski definition) is 2. The van der Waals surface area contributed by atoms with Gasteiger partial charge in [-0.1, -0.05) is 12.1 Å². The molecular formula is C15H18N8O. The van der Waals surface area contributed by atoms with Gasteiger partial charge in [0.1, 0.15) is 12.2 Å². The predicted octanol–water partition coefficient (Wildman–Crippen LogP) is 1.57. The van der Waals surface area contributed by atoms with Gasteiger partial charge in [0.15, 0.2) is 11.6 Å². The van der Waals surface area contributed by atoms with Gasteiger partial charge < -0.3 is 14.8 Å². The van der Waals surface area contributed by atoms with Gasteiger partial charge >= 0.3 is 6.03 Å². The maximum Gasteiger partial charge on any atom is 0.321 e. The molecule has 0 unspecified atom stereocenters. The van der Waals surface area contributed by atoms with Crippen LogP contribution in [0.5, 0.6) is 0 Å². The van der Waals surface area contributed by atoms with Crippen LogP contribution in [0.1, 0.15) is 11.6 Å². The summed E-state index contributed by atoms with van der Waals surface area (Å²) in [5.74, 6) is 2.04. The zero-order valence-electron chi connectivity index (χ0n) is 13.7. The molecule has 0 atom stereocenters.